The van der Waals surface area contributed by atoms with Gasteiger partial charge in [0.2, 0.25) is 5.91 Å². The van der Waals surface area contributed by atoms with Crippen LogP contribution in [0.2, 0.25) is 0 Å². The highest BCUT2D eigenvalue weighted by molar-refractivity contribution is 5.94. The zero-order chi connectivity index (χ0) is 20.0. The van der Waals surface area contributed by atoms with Crippen LogP contribution in [0.15, 0.2) is 24.3 Å². The number of nitrogens with one attached hydrogen (secondary N) is 2. The number of terminal acetylenes is 1. The highest BCUT2D eigenvalue weighted by Crippen LogP contribution is 2.23. The summed E-state index contributed by atoms with van der Waals surface area (Å²) >= 11 is 0. The molecular formula is C19H25N3O5. The minimum Gasteiger partial charge on any atom is -0.388 e. The lowest BCUT2D eigenvalue weighted by atomic mass is 10.1. The molecule has 0 spiro atoms. The molecule has 27 heavy (non-hydrogen) atoms. The fraction of sp³-hybridized carbons (Fsp3) is 0.474. The maximum atomic E-state index is 12.2. The van der Waals surface area contributed by atoms with Crippen LogP contribution in [0.1, 0.15) is 16.8 Å². The number of aliphatic hydroxyl groups excluding tert-OH is 2. The molecule has 0 unspecified atom stereocenters. The van der Waals surface area contributed by atoms with E-state index in [0.29, 0.717) is 5.56 Å². The molecule has 2 amide bonds. The summed E-state index contributed by atoms with van der Waals surface area (Å²) in [6, 6.07) is 7.04. The van der Waals surface area contributed by atoms with Gasteiger partial charge in [0.1, 0.15) is 18.3 Å². The van der Waals surface area contributed by atoms with Gasteiger partial charge in [-0.2, -0.15) is 0 Å². The number of hydrogen-bond donors (Lipinski definition) is 4. The summed E-state index contributed by atoms with van der Waals surface area (Å²) in [4.78, 5) is 25.9. The van der Waals surface area contributed by atoms with Gasteiger partial charge >= 0.3 is 0 Å². The Morgan fingerprint density at radius 3 is 2.37 bits per heavy atom. The number of anilines is 1. The first-order valence-corrected chi connectivity index (χ1v) is 8.60. The van der Waals surface area contributed by atoms with E-state index in [1.165, 1.54) is 0 Å². The van der Waals surface area contributed by atoms with Crippen molar-refractivity contribution < 1.29 is 24.5 Å². The fourth-order valence-corrected chi connectivity index (χ4v) is 2.77. The smallest absolute Gasteiger partial charge is 0.251 e. The van der Waals surface area contributed by atoms with E-state index in [0.717, 1.165) is 5.69 Å². The number of ether oxygens (including phenoxy) is 1. The Labute approximate surface area is 158 Å². The Hall–Kier alpha value is -2.60. The predicted octanol–water partition coefficient (Wildman–Crippen LogP) is -0.889. The zero-order valence-electron chi connectivity index (χ0n) is 15.4. The Morgan fingerprint density at radius 1 is 1.15 bits per heavy atom. The molecule has 1 aliphatic rings. The van der Waals surface area contributed by atoms with E-state index in [2.05, 4.69) is 16.6 Å². The van der Waals surface area contributed by atoms with Crippen molar-refractivity contribution in [1.29, 1.82) is 0 Å². The molecule has 1 heterocycles. The van der Waals surface area contributed by atoms with Gasteiger partial charge in [0.05, 0.1) is 19.1 Å². The van der Waals surface area contributed by atoms with Crippen molar-refractivity contribution in [2.75, 3.05) is 32.1 Å². The third-order valence-corrected chi connectivity index (χ3v) is 4.35. The van der Waals surface area contributed by atoms with Crippen molar-refractivity contribution in [3.63, 3.8) is 0 Å². The second-order valence-corrected chi connectivity index (χ2v) is 6.53. The SMILES string of the molecule is C#CCNC(=O)C[C@@H]1O[C@H](CNC(=O)c2ccc(N(C)C)cc2)[C@@H](O)[C@H]1O. The van der Waals surface area contributed by atoms with E-state index < -0.39 is 24.4 Å². The number of carbonyl (C=O) groups excluding carboxylic acids is 2. The van der Waals surface area contributed by atoms with Crippen LogP contribution in [-0.4, -0.2) is 73.6 Å². The summed E-state index contributed by atoms with van der Waals surface area (Å²) in [6.45, 7) is 0.0886. The second-order valence-electron chi connectivity index (χ2n) is 6.53. The van der Waals surface area contributed by atoms with E-state index in [4.69, 9.17) is 11.2 Å². The molecule has 146 valence electrons. The van der Waals surface area contributed by atoms with Crippen molar-refractivity contribution in [2.45, 2.75) is 30.8 Å². The van der Waals surface area contributed by atoms with E-state index >= 15 is 0 Å². The molecule has 0 radical (unpaired) electrons. The molecular weight excluding hydrogens is 350 g/mol. The minimum atomic E-state index is -1.22. The molecule has 1 saturated heterocycles. The average Bonchev–Trinajstić information content (AvgIpc) is 2.92. The molecule has 1 aromatic carbocycles. The first kappa shape index (κ1) is 20.7. The van der Waals surface area contributed by atoms with Gasteiger partial charge in [-0.15, -0.1) is 6.42 Å². The number of benzene rings is 1. The van der Waals surface area contributed by atoms with Crippen molar-refractivity contribution in [2.24, 2.45) is 0 Å². The van der Waals surface area contributed by atoms with Crippen LogP contribution in [0, 0.1) is 12.3 Å². The molecule has 1 fully saturated rings. The van der Waals surface area contributed by atoms with Gasteiger partial charge in [-0.05, 0) is 24.3 Å². The molecule has 1 aromatic rings. The van der Waals surface area contributed by atoms with Crippen LogP contribution in [0.5, 0.6) is 0 Å². The normalized spacial score (nSPS) is 24.1. The first-order valence-electron chi connectivity index (χ1n) is 8.60. The van der Waals surface area contributed by atoms with Crippen LogP contribution >= 0.6 is 0 Å². The van der Waals surface area contributed by atoms with Crippen LogP contribution in [0.3, 0.4) is 0 Å². The largest absolute Gasteiger partial charge is 0.388 e. The molecule has 8 nitrogen and oxygen atoms in total. The Kier molecular flexibility index (Phi) is 7.19. The topological polar surface area (TPSA) is 111 Å². The molecule has 8 heteroatoms. The molecule has 0 saturated carbocycles. The summed E-state index contributed by atoms with van der Waals surface area (Å²) in [5, 5.41) is 25.3. The summed E-state index contributed by atoms with van der Waals surface area (Å²) in [6.07, 6.45) is 0.845. The first-order chi connectivity index (χ1) is 12.8. The molecule has 1 aliphatic heterocycles. The Bertz CT molecular complexity index is 698. The summed E-state index contributed by atoms with van der Waals surface area (Å²) in [5.41, 5.74) is 1.44. The van der Waals surface area contributed by atoms with E-state index in [-0.39, 0.29) is 31.3 Å². The van der Waals surface area contributed by atoms with Gasteiger partial charge in [-0.25, -0.2) is 0 Å². The number of amides is 2. The van der Waals surface area contributed by atoms with Crippen LogP contribution < -0.4 is 15.5 Å². The van der Waals surface area contributed by atoms with Gasteiger partial charge in [0.25, 0.3) is 5.91 Å². The lowest BCUT2D eigenvalue weighted by molar-refractivity contribution is -0.124. The summed E-state index contributed by atoms with van der Waals surface area (Å²) < 4.78 is 5.54. The number of hydrogen-bond acceptors (Lipinski definition) is 6. The number of aliphatic hydroxyl groups is 2. The number of nitrogens with zero attached hydrogens (tertiary/aromatic N) is 1. The van der Waals surface area contributed by atoms with Crippen molar-refractivity contribution in [3.05, 3.63) is 29.8 Å². The highest BCUT2D eigenvalue weighted by atomic mass is 16.5. The van der Waals surface area contributed by atoms with Crippen LogP contribution in [0.25, 0.3) is 0 Å². The van der Waals surface area contributed by atoms with Gasteiger partial charge in [-0.1, -0.05) is 5.92 Å². The number of rotatable bonds is 7. The average molecular weight is 375 g/mol. The van der Waals surface area contributed by atoms with Gasteiger partial charge in [0.15, 0.2) is 0 Å². The van der Waals surface area contributed by atoms with Gasteiger partial charge in [-0.3, -0.25) is 9.59 Å². The molecule has 0 bridgehead atoms. The van der Waals surface area contributed by atoms with Gasteiger partial charge in [0, 0.05) is 31.9 Å². The third kappa shape index (κ3) is 5.44. The maximum Gasteiger partial charge on any atom is 0.251 e. The van der Waals surface area contributed by atoms with Crippen molar-refractivity contribution in [1.82, 2.24) is 10.6 Å². The fourth-order valence-electron chi connectivity index (χ4n) is 2.77. The van der Waals surface area contributed by atoms with Crippen LogP contribution in [-0.2, 0) is 9.53 Å². The lowest BCUT2D eigenvalue weighted by Gasteiger charge is -2.16. The standard InChI is InChI=1S/C19H25N3O5/c1-4-9-20-16(23)10-14-17(24)18(25)15(27-14)11-21-19(26)12-5-7-13(8-6-12)22(2)3/h1,5-8,14-15,17-18,24-25H,9-11H2,2-3H3,(H,20,23)(H,21,26)/t14-,15+,17-,18+/m0/s1. The Morgan fingerprint density at radius 2 is 1.78 bits per heavy atom. The van der Waals surface area contributed by atoms with E-state index in [1.54, 1.807) is 12.1 Å². The summed E-state index contributed by atoms with van der Waals surface area (Å²) in [5.74, 6) is 1.58. The Balaban J connectivity index is 1.87. The maximum absolute atomic E-state index is 12.2. The van der Waals surface area contributed by atoms with Crippen molar-refractivity contribution in [3.8, 4) is 12.3 Å². The van der Waals surface area contributed by atoms with Gasteiger partial charge < -0.3 is 30.5 Å². The number of carbonyl (C=O) groups is 2. The quantitative estimate of drug-likeness (QED) is 0.460. The molecule has 0 aliphatic carbocycles. The molecule has 2 rings (SSSR count). The monoisotopic (exact) mass is 375 g/mol. The van der Waals surface area contributed by atoms with Crippen LogP contribution in [0.4, 0.5) is 5.69 Å². The van der Waals surface area contributed by atoms with E-state index in [9.17, 15) is 19.8 Å². The second kappa shape index (κ2) is 9.37. The zero-order valence-corrected chi connectivity index (χ0v) is 15.4. The minimum absolute atomic E-state index is 0.00890. The third-order valence-electron chi connectivity index (χ3n) is 4.35. The lowest BCUT2D eigenvalue weighted by Crippen LogP contribution is -2.40. The molecule has 0 aromatic heterocycles. The summed E-state index contributed by atoms with van der Waals surface area (Å²) in [7, 11) is 3.81. The molecule has 4 atom stereocenters. The van der Waals surface area contributed by atoms with E-state index in [1.807, 2.05) is 31.1 Å². The van der Waals surface area contributed by atoms with Crippen molar-refractivity contribution >= 4 is 17.5 Å². The molecule has 4 N–H and O–H groups in total. The highest BCUT2D eigenvalue weighted by Gasteiger charge is 2.43. The predicted molar refractivity (Wildman–Crippen MR) is 100 cm³/mol.